The lowest BCUT2D eigenvalue weighted by Gasteiger charge is -2.34. The van der Waals surface area contributed by atoms with Gasteiger partial charge in [0, 0.05) is 12.6 Å². The van der Waals surface area contributed by atoms with Gasteiger partial charge < -0.3 is 15.4 Å². The van der Waals surface area contributed by atoms with Gasteiger partial charge in [-0.15, -0.1) is 0 Å². The summed E-state index contributed by atoms with van der Waals surface area (Å²) in [6.07, 6.45) is 3.71. The van der Waals surface area contributed by atoms with Crippen LogP contribution in [-0.4, -0.2) is 28.7 Å². The summed E-state index contributed by atoms with van der Waals surface area (Å²) < 4.78 is 5.69. The van der Waals surface area contributed by atoms with Crippen molar-refractivity contribution >= 4 is 11.5 Å². The molecule has 120 valence electrons. The van der Waals surface area contributed by atoms with Gasteiger partial charge in [-0.05, 0) is 32.6 Å². The van der Waals surface area contributed by atoms with Crippen LogP contribution in [0, 0.1) is 5.92 Å². The van der Waals surface area contributed by atoms with E-state index in [0.717, 1.165) is 25.2 Å². The number of nitrogens with two attached hydrogens (primary N) is 1. The highest BCUT2D eigenvalue weighted by atomic mass is 16.5. The summed E-state index contributed by atoms with van der Waals surface area (Å²) >= 11 is 0. The highest BCUT2D eigenvalue weighted by Crippen LogP contribution is 2.31. The van der Waals surface area contributed by atoms with E-state index in [0.29, 0.717) is 23.5 Å². The first-order chi connectivity index (χ1) is 9.90. The van der Waals surface area contributed by atoms with E-state index in [9.17, 15) is 0 Å². The Balaban J connectivity index is 3.17. The third-order valence-electron chi connectivity index (χ3n) is 3.39. The van der Waals surface area contributed by atoms with E-state index in [-0.39, 0.29) is 6.10 Å². The molecule has 1 aromatic heterocycles. The fraction of sp³-hybridized carbons (Fsp3) is 0.750. The minimum Gasteiger partial charge on any atom is -0.473 e. The number of hydrogen-bond acceptors (Lipinski definition) is 5. The third-order valence-corrected chi connectivity index (χ3v) is 3.39. The zero-order valence-corrected chi connectivity index (χ0v) is 14.3. The first kappa shape index (κ1) is 17.5. The van der Waals surface area contributed by atoms with Gasteiger partial charge in [0.2, 0.25) is 5.88 Å². The summed E-state index contributed by atoms with van der Waals surface area (Å²) in [4.78, 5) is 10.9. The van der Waals surface area contributed by atoms with E-state index in [4.69, 9.17) is 10.5 Å². The number of nitrogens with zero attached hydrogens (tertiary/aromatic N) is 3. The van der Waals surface area contributed by atoms with Crippen molar-refractivity contribution in [3.05, 3.63) is 6.33 Å². The molecule has 0 atom stereocenters. The molecule has 0 aromatic carbocycles. The van der Waals surface area contributed by atoms with Crippen molar-refractivity contribution in [2.75, 3.05) is 17.2 Å². The molecule has 1 aromatic rings. The van der Waals surface area contributed by atoms with Crippen molar-refractivity contribution < 1.29 is 4.74 Å². The van der Waals surface area contributed by atoms with Gasteiger partial charge in [-0.1, -0.05) is 27.7 Å². The normalized spacial score (nSPS) is 11.5. The number of aromatic nitrogens is 2. The second kappa shape index (κ2) is 8.05. The highest BCUT2D eigenvalue weighted by molar-refractivity contribution is 5.68. The Morgan fingerprint density at radius 3 is 2.24 bits per heavy atom. The van der Waals surface area contributed by atoms with Gasteiger partial charge >= 0.3 is 0 Å². The monoisotopic (exact) mass is 294 g/mol. The second-order valence-corrected chi connectivity index (χ2v) is 6.10. The zero-order valence-electron chi connectivity index (χ0n) is 14.3. The van der Waals surface area contributed by atoms with Gasteiger partial charge in [-0.3, -0.25) is 0 Å². The molecule has 0 amide bonds. The maximum atomic E-state index is 6.26. The molecular weight excluding hydrogens is 264 g/mol. The average Bonchev–Trinajstić information content (AvgIpc) is 2.40. The van der Waals surface area contributed by atoms with Crippen LogP contribution in [-0.2, 0) is 0 Å². The second-order valence-electron chi connectivity index (χ2n) is 6.10. The number of hydrogen-bond donors (Lipinski definition) is 1. The smallest absolute Gasteiger partial charge is 0.242 e. The van der Waals surface area contributed by atoms with Crippen molar-refractivity contribution in [3.63, 3.8) is 0 Å². The molecule has 0 radical (unpaired) electrons. The van der Waals surface area contributed by atoms with E-state index < -0.39 is 0 Å². The Kier molecular flexibility index (Phi) is 6.72. The fourth-order valence-electron chi connectivity index (χ4n) is 2.45. The van der Waals surface area contributed by atoms with Gasteiger partial charge in [-0.25, -0.2) is 4.98 Å². The van der Waals surface area contributed by atoms with Crippen LogP contribution < -0.4 is 15.4 Å². The average molecular weight is 294 g/mol. The van der Waals surface area contributed by atoms with Crippen LogP contribution in [0.3, 0.4) is 0 Å². The molecule has 0 unspecified atom stereocenters. The van der Waals surface area contributed by atoms with Crippen LogP contribution in [0.4, 0.5) is 11.5 Å². The molecule has 1 heterocycles. The molecule has 2 N–H and O–H groups in total. The summed E-state index contributed by atoms with van der Waals surface area (Å²) in [5.74, 6) is 1.81. The Morgan fingerprint density at radius 2 is 1.76 bits per heavy atom. The lowest BCUT2D eigenvalue weighted by molar-refractivity contribution is 0.234. The number of nitrogen functional groups attached to an aromatic ring is 1. The number of ether oxygens (including phenoxy) is 1. The SMILES string of the molecule is CCC(CC)N(CC(C)C)c1ncnc(OC(C)C)c1N. The molecule has 5 heteroatoms. The fourth-order valence-corrected chi connectivity index (χ4v) is 2.45. The molecular formula is C16H30N4O. The number of rotatable bonds is 8. The Hall–Kier alpha value is -1.52. The molecule has 0 aliphatic carbocycles. The Morgan fingerprint density at radius 1 is 1.14 bits per heavy atom. The largest absolute Gasteiger partial charge is 0.473 e. The van der Waals surface area contributed by atoms with E-state index in [1.807, 2.05) is 13.8 Å². The lowest BCUT2D eigenvalue weighted by atomic mass is 10.1. The standard InChI is InChI=1S/C16H30N4O/c1-7-13(8-2)20(9-11(3)4)15-14(17)16(19-10-18-15)21-12(5)6/h10-13H,7-9,17H2,1-6H3. The van der Waals surface area contributed by atoms with Crippen LogP contribution in [0.2, 0.25) is 0 Å². The van der Waals surface area contributed by atoms with E-state index in [1.165, 1.54) is 0 Å². The molecule has 0 aliphatic heterocycles. The topological polar surface area (TPSA) is 64.3 Å². The minimum absolute atomic E-state index is 0.0433. The van der Waals surface area contributed by atoms with Crippen LogP contribution in [0.15, 0.2) is 6.33 Å². The van der Waals surface area contributed by atoms with Crippen LogP contribution in [0.5, 0.6) is 5.88 Å². The van der Waals surface area contributed by atoms with Gasteiger partial charge in [0.15, 0.2) is 5.82 Å². The molecule has 0 saturated heterocycles. The molecule has 0 spiro atoms. The first-order valence-electron chi connectivity index (χ1n) is 7.94. The van der Waals surface area contributed by atoms with Gasteiger partial charge in [0.05, 0.1) is 6.10 Å². The molecule has 21 heavy (non-hydrogen) atoms. The molecule has 0 fully saturated rings. The van der Waals surface area contributed by atoms with E-state index in [1.54, 1.807) is 6.33 Å². The molecule has 0 aliphatic rings. The van der Waals surface area contributed by atoms with Gasteiger partial charge in [0.25, 0.3) is 0 Å². The van der Waals surface area contributed by atoms with Crippen molar-refractivity contribution in [1.29, 1.82) is 0 Å². The zero-order chi connectivity index (χ0) is 16.0. The lowest BCUT2D eigenvalue weighted by Crippen LogP contribution is -2.38. The summed E-state index contributed by atoms with van der Waals surface area (Å²) in [6, 6.07) is 0.427. The van der Waals surface area contributed by atoms with E-state index in [2.05, 4.69) is 42.6 Å². The van der Waals surface area contributed by atoms with Crippen molar-refractivity contribution in [2.24, 2.45) is 5.92 Å². The van der Waals surface area contributed by atoms with Crippen molar-refractivity contribution in [3.8, 4) is 5.88 Å². The van der Waals surface area contributed by atoms with Crippen LogP contribution in [0.25, 0.3) is 0 Å². The summed E-state index contributed by atoms with van der Waals surface area (Å²) in [6.45, 7) is 13.7. The summed E-state index contributed by atoms with van der Waals surface area (Å²) in [5.41, 5.74) is 6.80. The molecule has 1 rings (SSSR count). The van der Waals surface area contributed by atoms with E-state index >= 15 is 0 Å². The predicted molar refractivity (Wildman–Crippen MR) is 88.8 cm³/mol. The minimum atomic E-state index is 0.0433. The summed E-state index contributed by atoms with van der Waals surface area (Å²) in [7, 11) is 0. The maximum absolute atomic E-state index is 6.26. The van der Waals surface area contributed by atoms with Crippen molar-refractivity contribution in [2.45, 2.75) is 66.5 Å². The van der Waals surface area contributed by atoms with Crippen molar-refractivity contribution in [1.82, 2.24) is 9.97 Å². The van der Waals surface area contributed by atoms with Gasteiger partial charge in [0.1, 0.15) is 12.0 Å². The maximum Gasteiger partial charge on any atom is 0.242 e. The Labute approximate surface area is 128 Å². The third kappa shape index (κ3) is 4.76. The van der Waals surface area contributed by atoms with Crippen LogP contribution in [0.1, 0.15) is 54.4 Å². The molecule has 0 bridgehead atoms. The summed E-state index contributed by atoms with van der Waals surface area (Å²) in [5, 5.41) is 0. The quantitative estimate of drug-likeness (QED) is 0.795. The van der Waals surface area contributed by atoms with Gasteiger partial charge in [-0.2, -0.15) is 4.98 Å². The molecule has 0 saturated carbocycles. The van der Waals surface area contributed by atoms with Crippen LogP contribution >= 0.6 is 0 Å². The predicted octanol–water partition coefficient (Wildman–Crippen LogP) is 3.50. The molecule has 5 nitrogen and oxygen atoms in total. The first-order valence-corrected chi connectivity index (χ1v) is 7.94. The number of anilines is 2. The highest BCUT2D eigenvalue weighted by Gasteiger charge is 2.22. The Bertz CT molecular complexity index is 430.